The van der Waals surface area contributed by atoms with Crippen molar-refractivity contribution in [3.05, 3.63) is 35.9 Å². The van der Waals surface area contributed by atoms with Gasteiger partial charge in [-0.1, -0.05) is 58.0 Å². The molecule has 0 radical (unpaired) electrons. The van der Waals surface area contributed by atoms with Gasteiger partial charge in [0.1, 0.15) is 0 Å². The molecule has 2 nitrogen and oxygen atoms in total. The third-order valence-electron chi connectivity index (χ3n) is 4.51. The fourth-order valence-electron chi connectivity index (χ4n) is 3.43. The molecule has 0 spiro atoms. The molecule has 1 aromatic rings. The Bertz CT molecular complexity index is 409. The van der Waals surface area contributed by atoms with Gasteiger partial charge in [-0.3, -0.25) is 4.90 Å². The van der Waals surface area contributed by atoms with Gasteiger partial charge in [-0.2, -0.15) is 0 Å². The van der Waals surface area contributed by atoms with E-state index in [-0.39, 0.29) is 5.41 Å². The van der Waals surface area contributed by atoms with Gasteiger partial charge >= 0.3 is 0 Å². The van der Waals surface area contributed by atoms with Crippen molar-refractivity contribution in [3.63, 3.8) is 0 Å². The predicted octanol–water partition coefficient (Wildman–Crippen LogP) is 4.24. The first-order chi connectivity index (χ1) is 10.1. The standard InChI is InChI=1S/C19H32N2/c1-5-14-21(17-12-13-17)15-19(3,4)18(20-6-2)16-10-8-7-9-11-16/h7-11,17-18,20H,5-6,12-15H2,1-4H3. The molecule has 0 heterocycles. The Hall–Kier alpha value is -0.860. The lowest BCUT2D eigenvalue weighted by atomic mass is 9.79. The van der Waals surface area contributed by atoms with Crippen molar-refractivity contribution >= 4 is 0 Å². The minimum atomic E-state index is 0.231. The van der Waals surface area contributed by atoms with Gasteiger partial charge in [-0.25, -0.2) is 0 Å². The second-order valence-corrected chi connectivity index (χ2v) is 7.09. The summed E-state index contributed by atoms with van der Waals surface area (Å²) < 4.78 is 0. The molecule has 0 saturated heterocycles. The van der Waals surface area contributed by atoms with Crippen molar-refractivity contribution in [1.82, 2.24) is 10.2 Å². The van der Waals surface area contributed by atoms with Crippen molar-refractivity contribution in [2.75, 3.05) is 19.6 Å². The van der Waals surface area contributed by atoms with Gasteiger partial charge in [-0.05, 0) is 43.3 Å². The fourth-order valence-corrected chi connectivity index (χ4v) is 3.43. The number of hydrogen-bond acceptors (Lipinski definition) is 2. The van der Waals surface area contributed by atoms with E-state index in [1.165, 1.54) is 37.9 Å². The first-order valence-electron chi connectivity index (χ1n) is 8.61. The molecule has 0 amide bonds. The van der Waals surface area contributed by atoms with Crippen LogP contribution in [-0.4, -0.2) is 30.6 Å². The molecule has 1 aliphatic rings. The zero-order valence-electron chi connectivity index (χ0n) is 14.2. The maximum Gasteiger partial charge on any atom is 0.0384 e. The van der Waals surface area contributed by atoms with E-state index in [9.17, 15) is 0 Å². The lowest BCUT2D eigenvalue weighted by molar-refractivity contribution is 0.130. The minimum absolute atomic E-state index is 0.231. The molecule has 1 unspecified atom stereocenters. The lowest BCUT2D eigenvalue weighted by Crippen LogP contribution is -2.44. The Labute approximate surface area is 130 Å². The predicted molar refractivity (Wildman–Crippen MR) is 91.5 cm³/mol. The van der Waals surface area contributed by atoms with E-state index in [0.717, 1.165) is 12.6 Å². The van der Waals surface area contributed by atoms with E-state index in [0.29, 0.717) is 6.04 Å². The van der Waals surface area contributed by atoms with Crippen LogP contribution in [0.4, 0.5) is 0 Å². The van der Waals surface area contributed by atoms with Gasteiger partial charge in [-0.15, -0.1) is 0 Å². The smallest absolute Gasteiger partial charge is 0.0384 e. The van der Waals surface area contributed by atoms with E-state index in [1.54, 1.807) is 0 Å². The van der Waals surface area contributed by atoms with Crippen LogP contribution in [0.2, 0.25) is 0 Å². The van der Waals surface area contributed by atoms with E-state index in [1.807, 2.05) is 0 Å². The van der Waals surface area contributed by atoms with Gasteiger partial charge in [0.15, 0.2) is 0 Å². The Morgan fingerprint density at radius 3 is 2.38 bits per heavy atom. The second-order valence-electron chi connectivity index (χ2n) is 7.09. The summed E-state index contributed by atoms with van der Waals surface area (Å²) >= 11 is 0. The monoisotopic (exact) mass is 288 g/mol. The summed E-state index contributed by atoms with van der Waals surface area (Å²) in [5, 5.41) is 3.72. The highest BCUT2D eigenvalue weighted by atomic mass is 15.2. The number of hydrogen-bond donors (Lipinski definition) is 1. The molecule has 2 heteroatoms. The molecule has 0 aliphatic heterocycles. The molecule has 1 atom stereocenters. The zero-order valence-corrected chi connectivity index (χ0v) is 14.2. The summed E-state index contributed by atoms with van der Waals surface area (Å²) in [5.41, 5.74) is 1.64. The third-order valence-corrected chi connectivity index (χ3v) is 4.51. The van der Waals surface area contributed by atoms with Crippen molar-refractivity contribution in [3.8, 4) is 0 Å². The molecule has 2 rings (SSSR count). The maximum absolute atomic E-state index is 3.72. The minimum Gasteiger partial charge on any atom is -0.310 e. The van der Waals surface area contributed by atoms with Crippen molar-refractivity contribution in [1.29, 1.82) is 0 Å². The normalized spacial score (nSPS) is 17.2. The number of benzene rings is 1. The summed E-state index contributed by atoms with van der Waals surface area (Å²) in [7, 11) is 0. The second kappa shape index (κ2) is 7.42. The van der Waals surface area contributed by atoms with Crippen LogP contribution in [0.25, 0.3) is 0 Å². The van der Waals surface area contributed by atoms with Gasteiger partial charge < -0.3 is 5.32 Å². The largest absolute Gasteiger partial charge is 0.310 e. The van der Waals surface area contributed by atoms with Gasteiger partial charge in [0.05, 0.1) is 0 Å². The summed E-state index contributed by atoms with van der Waals surface area (Å²) in [5.74, 6) is 0. The van der Waals surface area contributed by atoms with Crippen molar-refractivity contribution in [2.45, 2.75) is 59.0 Å². The molecule has 21 heavy (non-hydrogen) atoms. The first kappa shape index (κ1) is 16.5. The highest BCUT2D eigenvalue weighted by Gasteiger charge is 2.36. The molecule has 1 aromatic carbocycles. The van der Waals surface area contributed by atoms with E-state index in [2.05, 4.69) is 68.2 Å². The molecule has 118 valence electrons. The number of nitrogens with zero attached hydrogens (tertiary/aromatic N) is 1. The van der Waals surface area contributed by atoms with E-state index < -0.39 is 0 Å². The maximum atomic E-state index is 3.72. The average molecular weight is 288 g/mol. The molecule has 0 bridgehead atoms. The third kappa shape index (κ3) is 4.55. The summed E-state index contributed by atoms with van der Waals surface area (Å²) in [6.07, 6.45) is 4.05. The topological polar surface area (TPSA) is 15.3 Å². The van der Waals surface area contributed by atoms with Crippen LogP contribution in [0.5, 0.6) is 0 Å². The Morgan fingerprint density at radius 2 is 1.86 bits per heavy atom. The van der Waals surface area contributed by atoms with Crippen LogP contribution in [0, 0.1) is 5.41 Å². The molecule has 1 N–H and O–H groups in total. The van der Waals surface area contributed by atoms with Crippen LogP contribution >= 0.6 is 0 Å². The number of nitrogens with one attached hydrogen (secondary N) is 1. The quantitative estimate of drug-likeness (QED) is 0.731. The number of rotatable bonds is 9. The highest BCUT2D eigenvalue weighted by Crippen LogP contribution is 2.37. The summed E-state index contributed by atoms with van der Waals surface area (Å²) in [6, 6.07) is 12.2. The summed E-state index contributed by atoms with van der Waals surface area (Å²) in [6.45, 7) is 12.8. The van der Waals surface area contributed by atoms with Gasteiger partial charge in [0.2, 0.25) is 0 Å². The van der Waals surface area contributed by atoms with E-state index >= 15 is 0 Å². The van der Waals surface area contributed by atoms with Crippen LogP contribution in [0.15, 0.2) is 30.3 Å². The molecule has 1 fully saturated rings. The Balaban J connectivity index is 2.12. The molecular formula is C19H32N2. The van der Waals surface area contributed by atoms with E-state index in [4.69, 9.17) is 0 Å². The van der Waals surface area contributed by atoms with Gasteiger partial charge in [0, 0.05) is 18.6 Å². The van der Waals surface area contributed by atoms with Crippen LogP contribution in [-0.2, 0) is 0 Å². The lowest BCUT2D eigenvalue weighted by Gasteiger charge is -2.39. The first-order valence-corrected chi connectivity index (χ1v) is 8.61. The Morgan fingerprint density at radius 1 is 1.19 bits per heavy atom. The zero-order chi connectivity index (χ0) is 15.3. The van der Waals surface area contributed by atoms with Crippen LogP contribution < -0.4 is 5.32 Å². The van der Waals surface area contributed by atoms with Gasteiger partial charge in [0.25, 0.3) is 0 Å². The van der Waals surface area contributed by atoms with Crippen molar-refractivity contribution in [2.24, 2.45) is 5.41 Å². The Kier molecular flexibility index (Phi) is 5.83. The molecule has 1 aliphatic carbocycles. The molecule has 1 saturated carbocycles. The van der Waals surface area contributed by atoms with Crippen LogP contribution in [0.3, 0.4) is 0 Å². The van der Waals surface area contributed by atoms with Crippen LogP contribution in [0.1, 0.15) is 58.6 Å². The fraction of sp³-hybridized carbons (Fsp3) is 0.684. The SMILES string of the molecule is CCCN(CC(C)(C)C(NCC)c1ccccc1)C1CC1. The molecule has 0 aromatic heterocycles. The molecular weight excluding hydrogens is 256 g/mol. The summed E-state index contributed by atoms with van der Waals surface area (Å²) in [4.78, 5) is 2.72. The van der Waals surface area contributed by atoms with Crippen molar-refractivity contribution < 1.29 is 0 Å². The average Bonchev–Trinajstić information content (AvgIpc) is 3.29. The highest BCUT2D eigenvalue weighted by molar-refractivity contribution is 5.21.